The number of ether oxygens (including phenoxy) is 1. The molecule has 0 amide bonds. The van der Waals surface area contributed by atoms with E-state index in [4.69, 9.17) is 10.00 Å². The molecule has 1 aliphatic rings. The molecule has 10 nitrogen and oxygen atoms in total. The molecule has 0 bridgehead atoms. The molecule has 1 aliphatic heterocycles. The molecule has 2 aromatic heterocycles. The van der Waals surface area contributed by atoms with Gasteiger partial charge in [0.25, 0.3) is 10.0 Å². The Morgan fingerprint density at radius 2 is 1.93 bits per heavy atom. The van der Waals surface area contributed by atoms with Crippen LogP contribution in [0.1, 0.15) is 18.4 Å². The van der Waals surface area contributed by atoms with Crippen LogP contribution < -0.4 is 20.1 Å². The number of aromatic nitrogens is 3. The zero-order valence-corrected chi connectivity index (χ0v) is 21.8. The van der Waals surface area contributed by atoms with Crippen LogP contribution in [-0.2, 0) is 10.0 Å². The van der Waals surface area contributed by atoms with Crippen LogP contribution in [0.5, 0.6) is 11.6 Å². The van der Waals surface area contributed by atoms with Crippen molar-refractivity contribution < 1.29 is 21.9 Å². The minimum atomic E-state index is -4.30. The molecular weight excluding hydrogens is 540 g/mol. The van der Waals surface area contributed by atoms with Crippen molar-refractivity contribution in [2.24, 2.45) is 0 Å². The van der Waals surface area contributed by atoms with E-state index in [1.54, 1.807) is 24.4 Å². The first-order valence-corrected chi connectivity index (χ1v) is 13.8. The second-order valence-corrected chi connectivity index (χ2v) is 10.6. The number of sulfonamides is 1. The third kappa shape index (κ3) is 5.98. The topological polar surface area (TPSA) is 142 Å². The Hall–Kier alpha value is -4.67. The molecule has 3 N–H and O–H groups in total. The molecule has 13 heteroatoms. The SMILES string of the molecule is N#Cc1cccc(S(=O)(=O)Nc2ccc(Oc3ncccc3-c3ccnc(N[C@H]4CCCNC4)n3)c(F)c2F)c1. The summed E-state index contributed by atoms with van der Waals surface area (Å²) in [5.41, 5.74) is 0.338. The molecule has 0 radical (unpaired) electrons. The van der Waals surface area contributed by atoms with Gasteiger partial charge >= 0.3 is 0 Å². The molecule has 40 heavy (non-hydrogen) atoms. The maximum absolute atomic E-state index is 15.1. The van der Waals surface area contributed by atoms with Gasteiger partial charge in [-0.25, -0.2) is 27.8 Å². The predicted molar refractivity (Wildman–Crippen MR) is 143 cm³/mol. The lowest BCUT2D eigenvalue weighted by Crippen LogP contribution is -2.38. The van der Waals surface area contributed by atoms with Crippen molar-refractivity contribution in [2.75, 3.05) is 23.1 Å². The number of pyridine rings is 1. The highest BCUT2D eigenvalue weighted by molar-refractivity contribution is 7.92. The Morgan fingerprint density at radius 3 is 2.73 bits per heavy atom. The molecule has 1 saturated heterocycles. The highest BCUT2D eigenvalue weighted by atomic mass is 32.2. The van der Waals surface area contributed by atoms with Crippen molar-refractivity contribution in [3.8, 4) is 29.0 Å². The zero-order valence-electron chi connectivity index (χ0n) is 20.9. The van der Waals surface area contributed by atoms with Crippen LogP contribution in [0, 0.1) is 23.0 Å². The van der Waals surface area contributed by atoms with Gasteiger partial charge in [-0.15, -0.1) is 0 Å². The molecule has 5 rings (SSSR count). The summed E-state index contributed by atoms with van der Waals surface area (Å²) in [5.74, 6) is -3.02. The maximum atomic E-state index is 15.1. The first kappa shape index (κ1) is 26.9. The van der Waals surface area contributed by atoms with Crippen LogP contribution in [0.2, 0.25) is 0 Å². The number of benzene rings is 2. The van der Waals surface area contributed by atoms with Gasteiger partial charge in [0.15, 0.2) is 11.6 Å². The molecule has 1 fully saturated rings. The van der Waals surface area contributed by atoms with Gasteiger partial charge in [0, 0.05) is 25.0 Å². The minimum Gasteiger partial charge on any atom is -0.435 e. The zero-order chi connectivity index (χ0) is 28.1. The lowest BCUT2D eigenvalue weighted by molar-refractivity contribution is 0.407. The van der Waals surface area contributed by atoms with Gasteiger partial charge in [-0.3, -0.25) is 4.72 Å². The fraction of sp³-hybridized carbons (Fsp3) is 0.185. The Morgan fingerprint density at radius 1 is 1.05 bits per heavy atom. The number of piperidine rings is 1. The number of hydrogen-bond donors (Lipinski definition) is 3. The molecule has 0 saturated carbocycles. The summed E-state index contributed by atoms with van der Waals surface area (Å²) in [6.45, 7) is 1.76. The number of anilines is 2. The van der Waals surface area contributed by atoms with E-state index in [-0.39, 0.29) is 22.4 Å². The van der Waals surface area contributed by atoms with Gasteiger partial charge in [0.2, 0.25) is 17.6 Å². The van der Waals surface area contributed by atoms with Gasteiger partial charge in [0.1, 0.15) is 0 Å². The summed E-state index contributed by atoms with van der Waals surface area (Å²) in [5, 5.41) is 15.6. The van der Waals surface area contributed by atoms with E-state index in [1.165, 1.54) is 24.4 Å². The van der Waals surface area contributed by atoms with Crippen molar-refractivity contribution in [1.82, 2.24) is 20.3 Å². The van der Waals surface area contributed by atoms with E-state index in [0.29, 0.717) is 17.2 Å². The molecule has 0 unspecified atom stereocenters. The number of halogens is 2. The third-order valence-electron chi connectivity index (χ3n) is 6.10. The predicted octanol–water partition coefficient (Wildman–Crippen LogP) is 4.45. The molecular formula is C27H23F2N7O3S. The van der Waals surface area contributed by atoms with E-state index in [1.807, 2.05) is 10.8 Å². The molecule has 0 aliphatic carbocycles. The number of hydrogen-bond acceptors (Lipinski definition) is 9. The monoisotopic (exact) mass is 563 g/mol. The van der Waals surface area contributed by atoms with Crippen LogP contribution >= 0.6 is 0 Å². The highest BCUT2D eigenvalue weighted by Gasteiger charge is 2.22. The smallest absolute Gasteiger partial charge is 0.262 e. The van der Waals surface area contributed by atoms with Crippen molar-refractivity contribution in [3.05, 3.63) is 84.2 Å². The molecule has 4 aromatic rings. The van der Waals surface area contributed by atoms with Crippen LogP contribution in [0.3, 0.4) is 0 Å². The molecule has 204 valence electrons. The number of rotatable bonds is 8. The standard InChI is InChI=1S/C27H23F2N7O3S/c28-24-22(36-40(37,38)19-6-1-4-17(14-19)15-30)8-9-23(25(24)29)39-26-20(7-3-12-32-26)21-10-13-33-27(35-21)34-18-5-2-11-31-16-18/h1,3-4,6-10,12-14,18,31,36H,2,5,11,16H2,(H,33,34,35)/t18-/m0/s1. The minimum absolute atomic E-state index is 0.0357. The fourth-order valence-electron chi connectivity index (χ4n) is 4.13. The van der Waals surface area contributed by atoms with Gasteiger partial charge in [-0.2, -0.15) is 9.65 Å². The van der Waals surface area contributed by atoms with Crippen molar-refractivity contribution >= 4 is 21.7 Å². The van der Waals surface area contributed by atoms with Crippen molar-refractivity contribution in [1.29, 1.82) is 5.26 Å². The summed E-state index contributed by atoms with van der Waals surface area (Å²) >= 11 is 0. The van der Waals surface area contributed by atoms with Gasteiger partial charge < -0.3 is 15.4 Å². The van der Waals surface area contributed by atoms with Crippen molar-refractivity contribution in [2.45, 2.75) is 23.8 Å². The largest absolute Gasteiger partial charge is 0.435 e. The fourth-order valence-corrected chi connectivity index (χ4v) is 5.24. The number of nitriles is 1. The van der Waals surface area contributed by atoms with E-state index >= 15 is 4.39 Å². The first-order chi connectivity index (χ1) is 19.3. The van der Waals surface area contributed by atoms with Gasteiger partial charge in [-0.05, 0) is 67.9 Å². The number of nitrogens with zero attached hydrogens (tertiary/aromatic N) is 4. The van der Waals surface area contributed by atoms with Gasteiger partial charge in [-0.1, -0.05) is 6.07 Å². The van der Waals surface area contributed by atoms with Crippen LogP contribution in [0.25, 0.3) is 11.3 Å². The lowest BCUT2D eigenvalue weighted by Gasteiger charge is -2.23. The maximum Gasteiger partial charge on any atom is 0.262 e. The van der Waals surface area contributed by atoms with E-state index < -0.39 is 33.1 Å². The van der Waals surface area contributed by atoms with Crippen LogP contribution in [0.4, 0.5) is 20.4 Å². The summed E-state index contributed by atoms with van der Waals surface area (Å²) in [6, 6.07) is 14.2. The van der Waals surface area contributed by atoms with Crippen LogP contribution in [-0.4, -0.2) is 42.5 Å². The average Bonchev–Trinajstić information content (AvgIpc) is 2.98. The second-order valence-electron chi connectivity index (χ2n) is 8.90. The molecule has 0 spiro atoms. The Labute approximate surface area is 229 Å². The Bertz CT molecular complexity index is 1690. The normalized spacial score (nSPS) is 15.2. The summed E-state index contributed by atoms with van der Waals surface area (Å²) in [7, 11) is -4.30. The van der Waals surface area contributed by atoms with Crippen molar-refractivity contribution in [3.63, 3.8) is 0 Å². The van der Waals surface area contributed by atoms with Crippen LogP contribution in [0.15, 0.2) is 71.9 Å². The average molecular weight is 564 g/mol. The lowest BCUT2D eigenvalue weighted by atomic mass is 10.1. The summed E-state index contributed by atoms with van der Waals surface area (Å²) < 4.78 is 63.1. The van der Waals surface area contributed by atoms with E-state index in [2.05, 4.69) is 25.6 Å². The molecule has 3 heterocycles. The molecule has 1 atom stereocenters. The highest BCUT2D eigenvalue weighted by Crippen LogP contribution is 2.34. The summed E-state index contributed by atoms with van der Waals surface area (Å²) in [4.78, 5) is 12.7. The van der Waals surface area contributed by atoms with E-state index in [9.17, 15) is 12.8 Å². The Kier molecular flexibility index (Phi) is 7.81. The number of nitrogens with one attached hydrogen (secondary N) is 3. The third-order valence-corrected chi connectivity index (χ3v) is 7.47. The first-order valence-electron chi connectivity index (χ1n) is 12.3. The summed E-state index contributed by atoms with van der Waals surface area (Å²) in [6.07, 6.45) is 5.02. The molecule has 2 aromatic carbocycles. The second kappa shape index (κ2) is 11.6. The van der Waals surface area contributed by atoms with Gasteiger partial charge in [0.05, 0.1) is 33.5 Å². The quantitative estimate of drug-likeness (QED) is 0.283. The van der Waals surface area contributed by atoms with E-state index in [0.717, 1.165) is 44.1 Å². The Balaban J connectivity index is 1.38.